The van der Waals surface area contributed by atoms with Gasteiger partial charge >= 0.3 is 5.97 Å². The molecule has 9 nitrogen and oxygen atoms in total. The zero-order chi connectivity index (χ0) is 23.5. The summed E-state index contributed by atoms with van der Waals surface area (Å²) in [5, 5.41) is 2.63. The third-order valence-electron chi connectivity index (χ3n) is 6.68. The van der Waals surface area contributed by atoms with Gasteiger partial charge in [0, 0.05) is 56.5 Å². The molecule has 2 aromatic rings. The standard InChI is InChI=1S/C24H26N4O5/c1-14-19(29)9-17(21(14)15-5-3-7-25-11-15)23(31)27-13-33-24(32)18-10-20(30)28(2)22(18)16-6-4-8-26-12-16/h3-8,11-12,14,17-18,21-22H,9-10,13H2,1-2H3,(H,27,31)/t14-,17?,18?,21?,22?/m1/s1. The average molecular weight is 450 g/mol. The molecule has 0 spiro atoms. The largest absolute Gasteiger partial charge is 0.444 e. The van der Waals surface area contributed by atoms with Crippen LogP contribution in [0.3, 0.4) is 0 Å². The first-order chi connectivity index (χ1) is 15.9. The first-order valence-electron chi connectivity index (χ1n) is 10.9. The molecule has 0 aromatic carbocycles. The van der Waals surface area contributed by atoms with Gasteiger partial charge < -0.3 is 15.0 Å². The number of amides is 2. The Bertz CT molecular complexity index is 962. The maximum absolute atomic E-state index is 12.9. The number of Topliss-reactive ketones (excluding diaryl/α,β-unsaturated/α-hetero) is 1. The zero-order valence-electron chi connectivity index (χ0n) is 18.5. The molecule has 3 heterocycles. The van der Waals surface area contributed by atoms with Gasteiger partial charge in [0.05, 0.1) is 17.9 Å². The van der Waals surface area contributed by atoms with Gasteiger partial charge in [-0.1, -0.05) is 19.1 Å². The lowest BCUT2D eigenvalue weighted by Gasteiger charge is -2.24. The molecular weight excluding hydrogens is 424 g/mol. The van der Waals surface area contributed by atoms with E-state index in [-0.39, 0.29) is 49.0 Å². The van der Waals surface area contributed by atoms with Crippen molar-refractivity contribution in [1.82, 2.24) is 20.2 Å². The van der Waals surface area contributed by atoms with Crippen LogP contribution in [0, 0.1) is 17.8 Å². The Hall–Kier alpha value is -3.62. The molecule has 33 heavy (non-hydrogen) atoms. The van der Waals surface area contributed by atoms with Gasteiger partial charge in [0.2, 0.25) is 11.8 Å². The predicted octanol–water partition coefficient (Wildman–Crippen LogP) is 1.62. The number of carbonyl (C=O) groups excluding carboxylic acids is 4. The van der Waals surface area contributed by atoms with Crippen LogP contribution in [-0.2, 0) is 23.9 Å². The first-order valence-corrected chi connectivity index (χ1v) is 10.9. The number of ketones is 1. The van der Waals surface area contributed by atoms with Gasteiger partial charge in [0.25, 0.3) is 0 Å². The molecule has 1 saturated carbocycles. The molecule has 1 N–H and O–H groups in total. The van der Waals surface area contributed by atoms with Crippen molar-refractivity contribution >= 4 is 23.6 Å². The van der Waals surface area contributed by atoms with E-state index in [2.05, 4.69) is 15.3 Å². The normalized spacial score (nSPS) is 27.0. The lowest BCUT2D eigenvalue weighted by Crippen LogP contribution is -2.36. The van der Waals surface area contributed by atoms with Crippen LogP contribution in [0.15, 0.2) is 49.1 Å². The Morgan fingerprint density at radius 3 is 2.36 bits per heavy atom. The SMILES string of the molecule is C[C@@H]1C(=O)CC(C(=O)NCOC(=O)C2CC(=O)N(C)C2c2cccnc2)C1c1cccnc1. The molecule has 2 aliphatic rings. The highest BCUT2D eigenvalue weighted by atomic mass is 16.5. The van der Waals surface area contributed by atoms with E-state index >= 15 is 0 Å². The fourth-order valence-corrected chi connectivity index (χ4v) is 4.93. The van der Waals surface area contributed by atoms with Crippen LogP contribution in [0.2, 0.25) is 0 Å². The number of esters is 1. The van der Waals surface area contributed by atoms with E-state index < -0.39 is 23.8 Å². The fraction of sp³-hybridized carbons (Fsp3) is 0.417. The molecule has 1 aliphatic heterocycles. The van der Waals surface area contributed by atoms with Crippen molar-refractivity contribution in [2.45, 2.75) is 31.7 Å². The molecule has 2 amide bonds. The fourth-order valence-electron chi connectivity index (χ4n) is 4.93. The van der Waals surface area contributed by atoms with Crippen molar-refractivity contribution in [1.29, 1.82) is 0 Å². The third-order valence-corrected chi connectivity index (χ3v) is 6.68. The molecular formula is C24H26N4O5. The van der Waals surface area contributed by atoms with Gasteiger partial charge in [-0.25, -0.2) is 0 Å². The summed E-state index contributed by atoms with van der Waals surface area (Å²) < 4.78 is 5.33. The maximum atomic E-state index is 12.9. The van der Waals surface area contributed by atoms with Crippen molar-refractivity contribution < 1.29 is 23.9 Å². The first kappa shape index (κ1) is 22.6. The van der Waals surface area contributed by atoms with Gasteiger partial charge in [0.15, 0.2) is 6.73 Å². The van der Waals surface area contributed by atoms with Crippen LogP contribution < -0.4 is 5.32 Å². The molecule has 5 atom stereocenters. The van der Waals surface area contributed by atoms with Crippen LogP contribution >= 0.6 is 0 Å². The number of ether oxygens (including phenoxy) is 1. The zero-order valence-corrected chi connectivity index (χ0v) is 18.5. The predicted molar refractivity (Wildman–Crippen MR) is 116 cm³/mol. The highest BCUT2D eigenvalue weighted by Crippen LogP contribution is 2.42. The molecule has 9 heteroatoms. The number of carbonyl (C=O) groups is 4. The summed E-state index contributed by atoms with van der Waals surface area (Å²) in [4.78, 5) is 59.9. The van der Waals surface area contributed by atoms with Gasteiger partial charge in [-0.3, -0.25) is 29.1 Å². The Labute approximate surface area is 191 Å². The van der Waals surface area contributed by atoms with Crippen molar-refractivity contribution in [3.8, 4) is 0 Å². The summed E-state index contributed by atoms with van der Waals surface area (Å²) in [6, 6.07) is 6.72. The molecule has 4 unspecified atom stereocenters. The topological polar surface area (TPSA) is 119 Å². The highest BCUT2D eigenvalue weighted by Gasteiger charge is 2.45. The molecule has 0 radical (unpaired) electrons. The monoisotopic (exact) mass is 450 g/mol. The van der Waals surface area contributed by atoms with Gasteiger partial charge in [-0.2, -0.15) is 0 Å². The van der Waals surface area contributed by atoms with Crippen LogP contribution in [0.1, 0.15) is 42.9 Å². The average Bonchev–Trinajstić information content (AvgIpc) is 3.30. The van der Waals surface area contributed by atoms with E-state index in [9.17, 15) is 19.2 Å². The van der Waals surface area contributed by atoms with Crippen molar-refractivity contribution in [3.63, 3.8) is 0 Å². The second-order valence-corrected chi connectivity index (χ2v) is 8.57. The van der Waals surface area contributed by atoms with E-state index in [1.165, 1.54) is 4.90 Å². The molecule has 4 rings (SSSR count). The van der Waals surface area contributed by atoms with Gasteiger partial charge in [-0.05, 0) is 23.3 Å². The maximum Gasteiger partial charge on any atom is 0.313 e. The number of hydrogen-bond acceptors (Lipinski definition) is 7. The van der Waals surface area contributed by atoms with E-state index in [1.807, 2.05) is 19.1 Å². The molecule has 1 saturated heterocycles. The highest BCUT2D eigenvalue weighted by molar-refractivity contribution is 5.93. The minimum atomic E-state index is -0.695. The van der Waals surface area contributed by atoms with E-state index in [4.69, 9.17) is 4.74 Å². The smallest absolute Gasteiger partial charge is 0.313 e. The quantitative estimate of drug-likeness (QED) is 0.525. The lowest BCUT2D eigenvalue weighted by molar-refractivity contribution is -0.151. The molecule has 2 fully saturated rings. The number of hydrogen-bond donors (Lipinski definition) is 1. The second kappa shape index (κ2) is 9.48. The number of pyridine rings is 2. The number of nitrogens with one attached hydrogen (secondary N) is 1. The summed E-state index contributed by atoms with van der Waals surface area (Å²) >= 11 is 0. The van der Waals surface area contributed by atoms with E-state index in [0.717, 1.165) is 11.1 Å². The minimum Gasteiger partial charge on any atom is -0.444 e. The molecule has 0 bridgehead atoms. The molecule has 1 aliphatic carbocycles. The number of rotatable bonds is 6. The Kier molecular flexibility index (Phi) is 6.48. The van der Waals surface area contributed by atoms with Crippen molar-refractivity contribution in [3.05, 3.63) is 60.2 Å². The summed E-state index contributed by atoms with van der Waals surface area (Å²) in [6.07, 6.45) is 6.72. The third kappa shape index (κ3) is 4.48. The van der Waals surface area contributed by atoms with Crippen LogP contribution in [-0.4, -0.2) is 52.2 Å². The van der Waals surface area contributed by atoms with E-state index in [1.54, 1.807) is 44.0 Å². The molecule has 2 aromatic heterocycles. The minimum absolute atomic E-state index is 0.0211. The van der Waals surface area contributed by atoms with Crippen molar-refractivity contribution in [2.75, 3.05) is 13.8 Å². The number of aromatic nitrogens is 2. The number of likely N-dealkylation sites (tertiary alicyclic amines) is 1. The van der Waals surface area contributed by atoms with Crippen LogP contribution in [0.4, 0.5) is 0 Å². The summed E-state index contributed by atoms with van der Waals surface area (Å²) in [6.45, 7) is 1.49. The second-order valence-electron chi connectivity index (χ2n) is 8.57. The van der Waals surface area contributed by atoms with Gasteiger partial charge in [-0.15, -0.1) is 0 Å². The van der Waals surface area contributed by atoms with Crippen LogP contribution in [0.5, 0.6) is 0 Å². The van der Waals surface area contributed by atoms with E-state index in [0.29, 0.717) is 0 Å². The number of nitrogens with zero attached hydrogens (tertiary/aromatic N) is 3. The van der Waals surface area contributed by atoms with Crippen LogP contribution in [0.25, 0.3) is 0 Å². The Balaban J connectivity index is 1.38. The summed E-state index contributed by atoms with van der Waals surface area (Å²) in [7, 11) is 1.64. The molecule has 172 valence electrons. The van der Waals surface area contributed by atoms with Gasteiger partial charge in [0.1, 0.15) is 5.78 Å². The Morgan fingerprint density at radius 1 is 1.06 bits per heavy atom. The van der Waals surface area contributed by atoms with Crippen molar-refractivity contribution in [2.24, 2.45) is 17.8 Å². The summed E-state index contributed by atoms with van der Waals surface area (Å²) in [5.41, 5.74) is 1.58. The lowest BCUT2D eigenvalue weighted by atomic mass is 9.84. The summed E-state index contributed by atoms with van der Waals surface area (Å²) in [5.74, 6) is -2.89. The Morgan fingerprint density at radius 2 is 1.73 bits per heavy atom.